The molecule has 1 N–H and O–H groups in total. The van der Waals surface area contributed by atoms with E-state index >= 15 is 0 Å². The van der Waals surface area contributed by atoms with Gasteiger partial charge in [-0.05, 0) is 32.6 Å². The van der Waals surface area contributed by atoms with Gasteiger partial charge < -0.3 is 20.0 Å². The summed E-state index contributed by atoms with van der Waals surface area (Å²) >= 11 is 1.75. The fourth-order valence-electron chi connectivity index (χ4n) is 3.79. The van der Waals surface area contributed by atoms with E-state index in [1.54, 1.807) is 11.8 Å². The number of likely N-dealkylation sites (N-methyl/N-ethyl adjacent to an activating group) is 1. The number of carbonyl (C=O) groups is 2. The molecular weight excluding hydrogens is 348 g/mol. The van der Waals surface area contributed by atoms with Crippen LogP contribution in [0.15, 0.2) is 0 Å². The van der Waals surface area contributed by atoms with Gasteiger partial charge in [-0.25, -0.2) is 4.79 Å². The highest BCUT2D eigenvalue weighted by Gasteiger charge is 2.26. The van der Waals surface area contributed by atoms with Crippen LogP contribution in [0.2, 0.25) is 0 Å². The average Bonchev–Trinajstić information content (AvgIpc) is 3.15. The van der Waals surface area contributed by atoms with Crippen LogP contribution in [0.4, 0.5) is 4.79 Å². The molecule has 2 rings (SSSR count). The quantitative estimate of drug-likeness (QED) is 0.696. The Labute approximate surface area is 163 Å². The molecule has 1 saturated carbocycles. The molecule has 0 radical (unpaired) electrons. The molecule has 3 amide bonds. The van der Waals surface area contributed by atoms with Crippen LogP contribution in [-0.4, -0.2) is 91.0 Å². The summed E-state index contributed by atoms with van der Waals surface area (Å²) < 4.78 is 0. The Morgan fingerprint density at radius 2 is 1.81 bits per heavy atom. The highest BCUT2D eigenvalue weighted by atomic mass is 32.2. The number of nitrogens with zero attached hydrogens (tertiary/aromatic N) is 3. The van der Waals surface area contributed by atoms with Gasteiger partial charge in [0.25, 0.3) is 0 Å². The van der Waals surface area contributed by atoms with Gasteiger partial charge in [-0.3, -0.25) is 4.79 Å². The van der Waals surface area contributed by atoms with Crippen LogP contribution < -0.4 is 5.32 Å². The Balaban J connectivity index is 1.82. The maximum Gasteiger partial charge on any atom is 0.318 e. The monoisotopic (exact) mass is 384 g/mol. The minimum Gasteiger partial charge on any atom is -0.338 e. The number of urea groups is 1. The van der Waals surface area contributed by atoms with E-state index in [2.05, 4.69) is 23.5 Å². The largest absolute Gasteiger partial charge is 0.338 e. The summed E-state index contributed by atoms with van der Waals surface area (Å²) in [6.45, 7) is 6.63. The van der Waals surface area contributed by atoms with Crippen molar-refractivity contribution in [1.29, 1.82) is 0 Å². The predicted molar refractivity (Wildman–Crippen MR) is 109 cm³/mol. The van der Waals surface area contributed by atoms with E-state index in [1.807, 2.05) is 16.7 Å². The van der Waals surface area contributed by atoms with Crippen molar-refractivity contribution >= 4 is 23.7 Å². The van der Waals surface area contributed by atoms with Crippen LogP contribution in [-0.2, 0) is 4.79 Å². The minimum atomic E-state index is -0.464. The molecule has 1 saturated heterocycles. The molecule has 1 atom stereocenters. The molecule has 7 heteroatoms. The Morgan fingerprint density at radius 3 is 2.42 bits per heavy atom. The molecule has 6 nitrogen and oxygen atoms in total. The first kappa shape index (κ1) is 21.4. The summed E-state index contributed by atoms with van der Waals surface area (Å²) in [5, 5.41) is 2.95. The molecule has 2 aliphatic rings. The summed E-state index contributed by atoms with van der Waals surface area (Å²) in [7, 11) is 2.07. The van der Waals surface area contributed by atoms with Gasteiger partial charge in [0.1, 0.15) is 6.04 Å². The van der Waals surface area contributed by atoms with Crippen LogP contribution in [0.5, 0.6) is 0 Å². The zero-order valence-corrected chi connectivity index (χ0v) is 17.5. The SMILES string of the molecule is CSCCN(CCC1CCCC1)C(=O)NC(C)C(=O)N1CCN(C)CC1. The molecule has 0 spiro atoms. The first-order valence-electron chi connectivity index (χ1n) is 10.0. The number of nitrogens with one attached hydrogen (secondary N) is 1. The molecule has 1 aliphatic carbocycles. The van der Waals surface area contributed by atoms with E-state index in [0.29, 0.717) is 0 Å². The summed E-state index contributed by atoms with van der Waals surface area (Å²) in [5.74, 6) is 1.73. The van der Waals surface area contributed by atoms with Crippen molar-refractivity contribution in [2.75, 3.05) is 58.3 Å². The third kappa shape index (κ3) is 6.65. The van der Waals surface area contributed by atoms with Crippen molar-refractivity contribution in [1.82, 2.24) is 20.0 Å². The number of hydrogen-bond acceptors (Lipinski definition) is 4. The van der Waals surface area contributed by atoms with Crippen molar-refractivity contribution in [3.63, 3.8) is 0 Å². The number of piperazine rings is 1. The molecule has 0 bridgehead atoms. The highest BCUT2D eigenvalue weighted by molar-refractivity contribution is 7.98. The Bertz CT molecular complexity index is 449. The predicted octanol–water partition coefficient (Wildman–Crippen LogP) is 2.10. The van der Waals surface area contributed by atoms with E-state index in [9.17, 15) is 9.59 Å². The zero-order chi connectivity index (χ0) is 18.9. The standard InChI is InChI=1S/C19H36N4O2S/c1-16(18(24)22-12-10-21(2)11-13-22)20-19(25)23(14-15-26-3)9-8-17-6-4-5-7-17/h16-17H,4-15H2,1-3H3,(H,20,25). The lowest BCUT2D eigenvalue weighted by Crippen LogP contribution is -2.55. The van der Waals surface area contributed by atoms with Gasteiger partial charge in [-0.15, -0.1) is 0 Å². The lowest BCUT2D eigenvalue weighted by atomic mass is 10.0. The lowest BCUT2D eigenvalue weighted by molar-refractivity contribution is -0.134. The van der Waals surface area contributed by atoms with Gasteiger partial charge in [0.05, 0.1) is 0 Å². The highest BCUT2D eigenvalue weighted by Crippen LogP contribution is 2.27. The van der Waals surface area contributed by atoms with Crippen LogP contribution in [0.1, 0.15) is 39.0 Å². The zero-order valence-electron chi connectivity index (χ0n) is 16.7. The maximum atomic E-state index is 12.7. The fraction of sp³-hybridized carbons (Fsp3) is 0.895. The molecule has 1 unspecified atom stereocenters. The molecular formula is C19H36N4O2S. The van der Waals surface area contributed by atoms with E-state index in [4.69, 9.17) is 0 Å². The molecule has 0 aromatic carbocycles. The number of carbonyl (C=O) groups excluding carboxylic acids is 2. The first-order chi connectivity index (χ1) is 12.5. The topological polar surface area (TPSA) is 55.9 Å². The Morgan fingerprint density at radius 1 is 1.15 bits per heavy atom. The normalized spacial score (nSPS) is 20.2. The van der Waals surface area contributed by atoms with Crippen LogP contribution >= 0.6 is 11.8 Å². The fourth-order valence-corrected chi connectivity index (χ4v) is 4.20. The van der Waals surface area contributed by atoms with Crippen molar-refractivity contribution in [3.05, 3.63) is 0 Å². The number of hydrogen-bond donors (Lipinski definition) is 1. The number of rotatable bonds is 8. The second-order valence-corrected chi connectivity index (χ2v) is 8.70. The number of amides is 3. The molecule has 1 aliphatic heterocycles. The van der Waals surface area contributed by atoms with E-state index in [0.717, 1.165) is 57.4 Å². The Kier molecular flexibility index (Phi) is 9.05. The second-order valence-electron chi connectivity index (χ2n) is 7.72. The third-order valence-electron chi connectivity index (χ3n) is 5.66. The van der Waals surface area contributed by atoms with Gasteiger partial charge in [-0.2, -0.15) is 11.8 Å². The summed E-state index contributed by atoms with van der Waals surface area (Å²) in [4.78, 5) is 31.3. The van der Waals surface area contributed by atoms with E-state index in [1.165, 1.54) is 25.7 Å². The van der Waals surface area contributed by atoms with Gasteiger partial charge in [0.15, 0.2) is 0 Å². The van der Waals surface area contributed by atoms with Crippen molar-refractivity contribution in [2.45, 2.75) is 45.1 Å². The first-order valence-corrected chi connectivity index (χ1v) is 11.4. The van der Waals surface area contributed by atoms with Gasteiger partial charge in [-0.1, -0.05) is 25.7 Å². The molecule has 1 heterocycles. The average molecular weight is 385 g/mol. The van der Waals surface area contributed by atoms with Crippen molar-refractivity contribution in [2.24, 2.45) is 5.92 Å². The van der Waals surface area contributed by atoms with E-state index in [-0.39, 0.29) is 11.9 Å². The van der Waals surface area contributed by atoms with Gasteiger partial charge in [0, 0.05) is 45.0 Å². The molecule has 2 fully saturated rings. The van der Waals surface area contributed by atoms with Gasteiger partial charge in [0.2, 0.25) is 5.91 Å². The maximum absolute atomic E-state index is 12.7. The second kappa shape index (κ2) is 11.0. The summed E-state index contributed by atoms with van der Waals surface area (Å²) in [6.07, 6.45) is 8.41. The van der Waals surface area contributed by atoms with E-state index < -0.39 is 6.04 Å². The summed E-state index contributed by atoms with van der Waals surface area (Å²) in [5.41, 5.74) is 0. The molecule has 0 aromatic heterocycles. The molecule has 150 valence electrons. The van der Waals surface area contributed by atoms with Gasteiger partial charge >= 0.3 is 6.03 Å². The van der Waals surface area contributed by atoms with Crippen LogP contribution in [0.25, 0.3) is 0 Å². The van der Waals surface area contributed by atoms with Crippen molar-refractivity contribution in [3.8, 4) is 0 Å². The van der Waals surface area contributed by atoms with Crippen LogP contribution in [0.3, 0.4) is 0 Å². The third-order valence-corrected chi connectivity index (χ3v) is 6.25. The van der Waals surface area contributed by atoms with Crippen molar-refractivity contribution < 1.29 is 9.59 Å². The smallest absolute Gasteiger partial charge is 0.318 e. The molecule has 0 aromatic rings. The number of thioether (sulfide) groups is 1. The van der Waals surface area contributed by atoms with Crippen LogP contribution in [0, 0.1) is 5.92 Å². The summed E-state index contributed by atoms with van der Waals surface area (Å²) in [6, 6.07) is -0.554. The Hall–Kier alpha value is -0.950. The lowest BCUT2D eigenvalue weighted by Gasteiger charge is -2.34. The minimum absolute atomic E-state index is 0.0343. The molecule has 26 heavy (non-hydrogen) atoms.